The van der Waals surface area contributed by atoms with Crippen LogP contribution in [0.25, 0.3) is 10.9 Å². The Morgan fingerprint density at radius 3 is 2.65 bits per heavy atom. The standard InChI is InChI=1S/C23H28N4O3S/c1-16-9-12-27(13-10-16)31(29,30)22-14-21(26(3)17(22)2)23(28)25-15-18-8-11-24-20-7-5-4-6-19(18)20/h4-8,11,14,16H,9-10,12-13,15H2,1-3H3,(H,25,28). The first kappa shape index (κ1) is 21.5. The van der Waals surface area contributed by atoms with Gasteiger partial charge in [-0.1, -0.05) is 25.1 Å². The minimum Gasteiger partial charge on any atom is -0.347 e. The Balaban J connectivity index is 1.55. The number of piperidine rings is 1. The van der Waals surface area contributed by atoms with E-state index >= 15 is 0 Å². The minimum atomic E-state index is -3.62. The number of hydrogen-bond donors (Lipinski definition) is 1. The number of pyridine rings is 1. The average Bonchev–Trinajstić information content (AvgIpc) is 3.07. The van der Waals surface area contributed by atoms with Crippen LogP contribution in [-0.4, -0.2) is 41.3 Å². The third-order valence-corrected chi connectivity index (χ3v) is 8.27. The van der Waals surface area contributed by atoms with Gasteiger partial charge in [0.2, 0.25) is 10.0 Å². The lowest BCUT2D eigenvalue weighted by Gasteiger charge is -2.29. The second-order valence-electron chi connectivity index (χ2n) is 8.29. The first-order chi connectivity index (χ1) is 14.8. The summed E-state index contributed by atoms with van der Waals surface area (Å²) < 4.78 is 29.6. The van der Waals surface area contributed by atoms with E-state index in [0.29, 0.717) is 36.9 Å². The molecule has 1 aliphatic rings. The van der Waals surface area contributed by atoms with Crippen molar-refractivity contribution in [3.05, 3.63) is 59.5 Å². The maximum Gasteiger partial charge on any atom is 0.268 e. The Morgan fingerprint density at radius 2 is 1.90 bits per heavy atom. The molecule has 1 amide bonds. The van der Waals surface area contributed by atoms with Gasteiger partial charge in [0.1, 0.15) is 10.6 Å². The predicted molar refractivity (Wildman–Crippen MR) is 120 cm³/mol. The van der Waals surface area contributed by atoms with Crippen molar-refractivity contribution in [2.75, 3.05) is 13.1 Å². The molecule has 0 saturated carbocycles. The Labute approximate surface area is 183 Å². The number of carbonyl (C=O) groups excluding carboxylic acids is 1. The van der Waals surface area contributed by atoms with Crippen LogP contribution in [0.15, 0.2) is 47.5 Å². The van der Waals surface area contributed by atoms with Crippen LogP contribution in [0.2, 0.25) is 0 Å². The summed E-state index contributed by atoms with van der Waals surface area (Å²) in [5.74, 6) is 0.231. The van der Waals surface area contributed by atoms with E-state index in [2.05, 4.69) is 17.2 Å². The molecule has 0 spiro atoms. The topological polar surface area (TPSA) is 84.3 Å². The van der Waals surface area contributed by atoms with Gasteiger partial charge in [-0.05, 0) is 49.4 Å². The van der Waals surface area contributed by atoms with E-state index < -0.39 is 10.0 Å². The van der Waals surface area contributed by atoms with Crippen molar-refractivity contribution in [2.24, 2.45) is 13.0 Å². The molecule has 0 aliphatic carbocycles. The molecule has 0 bridgehead atoms. The van der Waals surface area contributed by atoms with Crippen molar-refractivity contribution in [3.8, 4) is 0 Å². The number of carbonyl (C=O) groups is 1. The van der Waals surface area contributed by atoms with Crippen molar-refractivity contribution in [1.82, 2.24) is 19.2 Å². The van der Waals surface area contributed by atoms with Gasteiger partial charge in [0, 0.05) is 44.0 Å². The highest BCUT2D eigenvalue weighted by Crippen LogP contribution is 2.27. The molecule has 0 atom stereocenters. The van der Waals surface area contributed by atoms with Gasteiger partial charge >= 0.3 is 0 Å². The lowest BCUT2D eigenvalue weighted by Crippen LogP contribution is -2.38. The predicted octanol–water partition coefficient (Wildman–Crippen LogP) is 3.23. The molecular formula is C23H28N4O3S. The molecule has 3 heterocycles. The quantitative estimate of drug-likeness (QED) is 0.660. The molecule has 0 unspecified atom stereocenters. The normalized spacial score (nSPS) is 16.0. The maximum absolute atomic E-state index is 13.2. The fourth-order valence-electron chi connectivity index (χ4n) is 4.09. The molecule has 1 aliphatic heterocycles. The second-order valence-corrected chi connectivity index (χ2v) is 10.2. The highest BCUT2D eigenvalue weighted by Gasteiger charge is 2.32. The number of hydrogen-bond acceptors (Lipinski definition) is 4. The van der Waals surface area contributed by atoms with Crippen LogP contribution in [0.4, 0.5) is 0 Å². The van der Waals surface area contributed by atoms with E-state index in [0.717, 1.165) is 29.3 Å². The molecule has 7 nitrogen and oxygen atoms in total. The van der Waals surface area contributed by atoms with E-state index in [1.807, 2.05) is 30.3 Å². The van der Waals surface area contributed by atoms with Crippen LogP contribution in [0.5, 0.6) is 0 Å². The Bertz CT molecular complexity index is 1220. The van der Waals surface area contributed by atoms with Crippen LogP contribution in [-0.2, 0) is 23.6 Å². The van der Waals surface area contributed by atoms with Crippen LogP contribution < -0.4 is 5.32 Å². The molecule has 164 valence electrons. The Morgan fingerprint density at radius 1 is 1.19 bits per heavy atom. The molecule has 4 rings (SSSR count). The zero-order chi connectivity index (χ0) is 22.2. The Kier molecular flexibility index (Phi) is 5.85. The lowest BCUT2D eigenvalue weighted by molar-refractivity contribution is 0.0942. The molecule has 8 heteroatoms. The fourth-order valence-corrected chi connectivity index (χ4v) is 5.83. The van der Waals surface area contributed by atoms with Crippen LogP contribution >= 0.6 is 0 Å². The third kappa shape index (κ3) is 4.09. The summed E-state index contributed by atoms with van der Waals surface area (Å²) >= 11 is 0. The number of para-hydroxylation sites is 1. The summed E-state index contributed by atoms with van der Waals surface area (Å²) in [5.41, 5.74) is 2.73. The number of rotatable bonds is 5. The van der Waals surface area contributed by atoms with Crippen LogP contribution in [0.1, 0.15) is 41.5 Å². The van der Waals surface area contributed by atoms with Crippen LogP contribution in [0, 0.1) is 12.8 Å². The summed E-state index contributed by atoms with van der Waals surface area (Å²) in [5, 5.41) is 3.91. The molecule has 1 fully saturated rings. The number of amides is 1. The zero-order valence-corrected chi connectivity index (χ0v) is 18.9. The molecular weight excluding hydrogens is 412 g/mol. The van der Waals surface area contributed by atoms with Gasteiger partial charge in [-0.2, -0.15) is 4.31 Å². The summed E-state index contributed by atoms with van der Waals surface area (Å²) in [6.07, 6.45) is 3.44. The lowest BCUT2D eigenvalue weighted by atomic mass is 10.0. The van der Waals surface area contributed by atoms with Crippen molar-refractivity contribution in [2.45, 2.75) is 38.1 Å². The van der Waals surface area contributed by atoms with Gasteiger partial charge in [-0.3, -0.25) is 9.78 Å². The first-order valence-corrected chi connectivity index (χ1v) is 12.0. The zero-order valence-electron chi connectivity index (χ0n) is 18.1. The molecule has 0 radical (unpaired) electrons. The molecule has 1 N–H and O–H groups in total. The van der Waals surface area contributed by atoms with E-state index in [1.165, 1.54) is 6.07 Å². The Hall–Kier alpha value is -2.71. The minimum absolute atomic E-state index is 0.212. The molecule has 2 aromatic heterocycles. The third-order valence-electron chi connectivity index (χ3n) is 6.26. The number of nitrogens with zero attached hydrogens (tertiary/aromatic N) is 3. The number of sulfonamides is 1. The number of nitrogens with one attached hydrogen (secondary N) is 1. The molecule has 1 aromatic carbocycles. The average molecular weight is 441 g/mol. The van der Waals surface area contributed by atoms with Gasteiger partial charge in [-0.15, -0.1) is 0 Å². The van der Waals surface area contributed by atoms with Gasteiger partial charge in [0.25, 0.3) is 5.91 Å². The maximum atomic E-state index is 13.2. The van der Waals surface area contributed by atoms with Gasteiger partial charge in [0.05, 0.1) is 5.52 Å². The molecule has 31 heavy (non-hydrogen) atoms. The largest absolute Gasteiger partial charge is 0.347 e. The number of fused-ring (bicyclic) bond motifs is 1. The summed E-state index contributed by atoms with van der Waals surface area (Å²) in [6.45, 7) is 5.26. The van der Waals surface area contributed by atoms with Crippen molar-refractivity contribution < 1.29 is 13.2 Å². The number of benzene rings is 1. The monoisotopic (exact) mass is 440 g/mol. The first-order valence-electron chi connectivity index (χ1n) is 10.6. The van der Waals surface area contributed by atoms with Gasteiger partial charge in [-0.25, -0.2) is 8.42 Å². The highest BCUT2D eigenvalue weighted by atomic mass is 32.2. The van der Waals surface area contributed by atoms with Gasteiger partial charge in [0.15, 0.2) is 0 Å². The summed E-state index contributed by atoms with van der Waals surface area (Å²) in [7, 11) is -1.90. The fraction of sp³-hybridized carbons (Fsp3) is 0.391. The van der Waals surface area contributed by atoms with E-state index in [4.69, 9.17) is 0 Å². The van der Waals surface area contributed by atoms with Crippen molar-refractivity contribution in [1.29, 1.82) is 0 Å². The highest BCUT2D eigenvalue weighted by molar-refractivity contribution is 7.89. The smallest absolute Gasteiger partial charge is 0.268 e. The van der Waals surface area contributed by atoms with E-state index in [-0.39, 0.29) is 10.8 Å². The van der Waals surface area contributed by atoms with E-state index in [1.54, 1.807) is 29.0 Å². The van der Waals surface area contributed by atoms with E-state index in [9.17, 15) is 13.2 Å². The van der Waals surface area contributed by atoms with Crippen molar-refractivity contribution in [3.63, 3.8) is 0 Å². The summed E-state index contributed by atoms with van der Waals surface area (Å²) in [4.78, 5) is 17.5. The number of aromatic nitrogens is 2. The second kappa shape index (κ2) is 8.43. The SMILES string of the molecule is Cc1c(S(=O)(=O)N2CCC(C)CC2)cc(C(=O)NCc2ccnc3ccccc23)n1C. The van der Waals surface area contributed by atoms with Crippen LogP contribution in [0.3, 0.4) is 0 Å². The molecule has 1 saturated heterocycles. The van der Waals surface area contributed by atoms with Gasteiger partial charge < -0.3 is 9.88 Å². The summed E-state index contributed by atoms with van der Waals surface area (Å²) in [6, 6.07) is 11.2. The van der Waals surface area contributed by atoms with Crippen molar-refractivity contribution >= 4 is 26.8 Å². The molecule has 3 aromatic rings.